The standard InChI is InChI=1S/C22H27BrN4O6/c1-5-32-18(28)10-15(11-19(29)33-6-2)25-20-13(3)12-24-22(27-20)26-14-7-8-17(23)16(9-14)21(30)31-4/h7-9,12,15H,5-6,10-11H2,1-4H3,(H2,24,25,26,27). The molecule has 33 heavy (non-hydrogen) atoms. The lowest BCUT2D eigenvalue weighted by atomic mass is 10.1. The van der Waals surface area contributed by atoms with Gasteiger partial charge in [0.2, 0.25) is 5.95 Å². The quantitative estimate of drug-likeness (QED) is 0.332. The molecule has 0 spiro atoms. The Morgan fingerprint density at radius 3 is 2.30 bits per heavy atom. The van der Waals surface area contributed by atoms with Crippen LogP contribution in [0.3, 0.4) is 0 Å². The van der Waals surface area contributed by atoms with Gasteiger partial charge in [-0.25, -0.2) is 9.78 Å². The molecule has 178 valence electrons. The molecule has 2 rings (SSSR count). The number of aromatic nitrogens is 2. The van der Waals surface area contributed by atoms with Crippen molar-refractivity contribution in [3.8, 4) is 0 Å². The number of aryl methyl sites for hydroxylation is 1. The van der Waals surface area contributed by atoms with Gasteiger partial charge in [0.15, 0.2) is 0 Å². The Balaban J connectivity index is 2.23. The minimum atomic E-state index is -0.580. The van der Waals surface area contributed by atoms with Crippen LogP contribution in [0.5, 0.6) is 0 Å². The van der Waals surface area contributed by atoms with Gasteiger partial charge in [0, 0.05) is 28.0 Å². The van der Waals surface area contributed by atoms with Gasteiger partial charge in [-0.15, -0.1) is 0 Å². The predicted octanol–water partition coefficient (Wildman–Crippen LogP) is 3.76. The summed E-state index contributed by atoms with van der Waals surface area (Å²) in [5.41, 5.74) is 1.63. The average molecular weight is 523 g/mol. The molecule has 11 heteroatoms. The summed E-state index contributed by atoms with van der Waals surface area (Å²) in [7, 11) is 1.30. The number of nitrogens with zero attached hydrogens (tertiary/aromatic N) is 2. The third-order valence-electron chi connectivity index (χ3n) is 4.38. The first-order valence-corrected chi connectivity index (χ1v) is 11.1. The summed E-state index contributed by atoms with van der Waals surface area (Å²) in [5.74, 6) is -0.661. The highest BCUT2D eigenvalue weighted by atomic mass is 79.9. The van der Waals surface area contributed by atoms with Crippen molar-refractivity contribution in [2.24, 2.45) is 0 Å². The van der Waals surface area contributed by atoms with Crippen LogP contribution in [0.15, 0.2) is 28.9 Å². The van der Waals surface area contributed by atoms with Crippen molar-refractivity contribution in [2.75, 3.05) is 31.0 Å². The van der Waals surface area contributed by atoms with Gasteiger partial charge in [-0.1, -0.05) is 0 Å². The van der Waals surface area contributed by atoms with E-state index in [-0.39, 0.29) is 32.0 Å². The molecular weight excluding hydrogens is 496 g/mol. The van der Waals surface area contributed by atoms with Crippen LogP contribution in [0.1, 0.15) is 42.6 Å². The zero-order valence-electron chi connectivity index (χ0n) is 18.9. The summed E-state index contributed by atoms with van der Waals surface area (Å²) in [6.45, 7) is 5.71. The summed E-state index contributed by atoms with van der Waals surface area (Å²) < 4.78 is 15.4. The van der Waals surface area contributed by atoms with E-state index in [0.29, 0.717) is 27.1 Å². The number of methoxy groups -OCH3 is 1. The normalized spacial score (nSPS) is 10.5. The molecule has 0 saturated carbocycles. The first kappa shape index (κ1) is 26.0. The van der Waals surface area contributed by atoms with Crippen molar-refractivity contribution in [2.45, 2.75) is 39.7 Å². The van der Waals surface area contributed by atoms with Crippen molar-refractivity contribution in [3.05, 3.63) is 40.0 Å². The number of ether oxygens (including phenoxy) is 3. The summed E-state index contributed by atoms with van der Waals surface area (Å²) >= 11 is 3.32. The predicted molar refractivity (Wildman–Crippen MR) is 125 cm³/mol. The second-order valence-electron chi connectivity index (χ2n) is 6.90. The third kappa shape index (κ3) is 8.01. The molecule has 0 atom stereocenters. The number of nitrogens with one attached hydrogen (secondary N) is 2. The van der Waals surface area contributed by atoms with Gasteiger partial charge in [0.25, 0.3) is 0 Å². The Hall–Kier alpha value is -3.21. The van der Waals surface area contributed by atoms with Gasteiger partial charge in [-0.3, -0.25) is 9.59 Å². The van der Waals surface area contributed by atoms with Gasteiger partial charge >= 0.3 is 17.9 Å². The zero-order valence-corrected chi connectivity index (χ0v) is 20.5. The Morgan fingerprint density at radius 2 is 1.73 bits per heavy atom. The van der Waals surface area contributed by atoms with Gasteiger partial charge < -0.3 is 24.8 Å². The van der Waals surface area contributed by atoms with Crippen LogP contribution in [-0.4, -0.2) is 54.2 Å². The van der Waals surface area contributed by atoms with Crippen LogP contribution in [0.4, 0.5) is 17.5 Å². The van der Waals surface area contributed by atoms with E-state index in [9.17, 15) is 14.4 Å². The molecule has 2 aromatic rings. The minimum absolute atomic E-state index is 0.0337. The van der Waals surface area contributed by atoms with Crippen LogP contribution >= 0.6 is 15.9 Å². The topological polar surface area (TPSA) is 129 Å². The number of anilines is 3. The number of benzene rings is 1. The second-order valence-corrected chi connectivity index (χ2v) is 7.75. The van der Waals surface area contributed by atoms with E-state index in [1.807, 2.05) is 0 Å². The highest BCUT2D eigenvalue weighted by molar-refractivity contribution is 9.10. The fraction of sp³-hybridized carbons (Fsp3) is 0.409. The fourth-order valence-corrected chi connectivity index (χ4v) is 3.27. The van der Waals surface area contributed by atoms with Crippen LogP contribution in [0.25, 0.3) is 0 Å². The molecule has 0 bridgehead atoms. The number of carbonyl (C=O) groups excluding carboxylic acids is 3. The molecule has 0 fully saturated rings. The smallest absolute Gasteiger partial charge is 0.339 e. The molecule has 1 heterocycles. The zero-order chi connectivity index (χ0) is 24.4. The highest BCUT2D eigenvalue weighted by Gasteiger charge is 2.21. The molecule has 0 radical (unpaired) electrons. The Morgan fingerprint density at radius 1 is 1.09 bits per heavy atom. The number of hydrogen-bond donors (Lipinski definition) is 2. The lowest BCUT2D eigenvalue weighted by Gasteiger charge is -2.19. The summed E-state index contributed by atoms with van der Waals surface area (Å²) in [5, 5.41) is 6.17. The number of esters is 3. The highest BCUT2D eigenvalue weighted by Crippen LogP contribution is 2.24. The molecule has 0 aliphatic rings. The minimum Gasteiger partial charge on any atom is -0.466 e. The monoisotopic (exact) mass is 522 g/mol. The molecule has 0 aliphatic heterocycles. The van der Waals surface area contributed by atoms with Crippen molar-refractivity contribution in [1.29, 1.82) is 0 Å². The van der Waals surface area contributed by atoms with E-state index in [1.54, 1.807) is 45.2 Å². The van der Waals surface area contributed by atoms with Crippen LogP contribution in [-0.2, 0) is 23.8 Å². The van der Waals surface area contributed by atoms with Crippen molar-refractivity contribution >= 4 is 51.3 Å². The van der Waals surface area contributed by atoms with Gasteiger partial charge in [0.05, 0.1) is 38.7 Å². The van der Waals surface area contributed by atoms with E-state index in [1.165, 1.54) is 7.11 Å². The second kappa shape index (κ2) is 12.7. The summed E-state index contributed by atoms with van der Waals surface area (Å²) in [6.07, 6.45) is 1.53. The van der Waals surface area contributed by atoms with E-state index in [2.05, 4.69) is 36.5 Å². The lowest BCUT2D eigenvalue weighted by molar-refractivity contribution is -0.145. The van der Waals surface area contributed by atoms with Crippen molar-refractivity contribution < 1.29 is 28.6 Å². The number of carbonyl (C=O) groups is 3. The maximum Gasteiger partial charge on any atom is 0.339 e. The van der Waals surface area contributed by atoms with Crippen LogP contribution < -0.4 is 10.6 Å². The van der Waals surface area contributed by atoms with Crippen molar-refractivity contribution in [3.63, 3.8) is 0 Å². The number of halogens is 1. The fourth-order valence-electron chi connectivity index (χ4n) is 2.86. The van der Waals surface area contributed by atoms with Gasteiger partial charge in [-0.2, -0.15) is 4.98 Å². The molecule has 0 unspecified atom stereocenters. The van der Waals surface area contributed by atoms with Gasteiger partial charge in [-0.05, 0) is 54.9 Å². The molecule has 0 saturated heterocycles. The number of hydrogen-bond acceptors (Lipinski definition) is 10. The molecular formula is C22H27BrN4O6. The molecule has 2 N–H and O–H groups in total. The largest absolute Gasteiger partial charge is 0.466 e. The first-order valence-electron chi connectivity index (χ1n) is 10.3. The summed E-state index contributed by atoms with van der Waals surface area (Å²) in [6, 6.07) is 4.48. The van der Waals surface area contributed by atoms with Gasteiger partial charge in [0.1, 0.15) is 5.82 Å². The maximum atomic E-state index is 12.0. The molecule has 0 amide bonds. The molecule has 10 nitrogen and oxygen atoms in total. The van der Waals surface area contributed by atoms with E-state index in [0.717, 1.165) is 0 Å². The average Bonchev–Trinajstić information content (AvgIpc) is 2.77. The van der Waals surface area contributed by atoms with Crippen molar-refractivity contribution in [1.82, 2.24) is 9.97 Å². The lowest BCUT2D eigenvalue weighted by Crippen LogP contribution is -2.29. The Labute approximate surface area is 200 Å². The van der Waals surface area contributed by atoms with E-state index < -0.39 is 23.9 Å². The third-order valence-corrected chi connectivity index (χ3v) is 5.07. The van der Waals surface area contributed by atoms with Crippen LogP contribution in [0.2, 0.25) is 0 Å². The number of rotatable bonds is 11. The maximum absolute atomic E-state index is 12.0. The molecule has 1 aromatic heterocycles. The van der Waals surface area contributed by atoms with E-state index >= 15 is 0 Å². The SMILES string of the molecule is CCOC(=O)CC(CC(=O)OCC)Nc1nc(Nc2ccc(Br)c(C(=O)OC)c2)ncc1C. The molecule has 1 aromatic carbocycles. The molecule has 0 aliphatic carbocycles. The summed E-state index contributed by atoms with van der Waals surface area (Å²) in [4.78, 5) is 44.7. The van der Waals surface area contributed by atoms with Crippen LogP contribution in [0, 0.1) is 6.92 Å². The first-order chi connectivity index (χ1) is 15.8. The Kier molecular flexibility index (Phi) is 10.0. The Bertz CT molecular complexity index is 981. The van der Waals surface area contributed by atoms with E-state index in [4.69, 9.17) is 14.2 Å².